The number of amides is 1. The summed E-state index contributed by atoms with van der Waals surface area (Å²) in [5.74, 6) is -2.61. The molecular weight excluding hydrogens is 596 g/mol. The van der Waals surface area contributed by atoms with Crippen LogP contribution in [0.4, 0.5) is 0 Å². The molecule has 11 nitrogen and oxygen atoms in total. The lowest BCUT2D eigenvalue weighted by Crippen LogP contribution is -2.44. The molecule has 0 aliphatic heterocycles. The second-order valence-corrected chi connectivity index (χ2v) is 15.4. The molecule has 2 aromatic rings. The number of esters is 1. The van der Waals surface area contributed by atoms with E-state index < -0.39 is 50.2 Å². The van der Waals surface area contributed by atoms with Crippen LogP contribution in [0.2, 0.25) is 0 Å². The van der Waals surface area contributed by atoms with Crippen LogP contribution < -0.4 is 15.4 Å². The lowest BCUT2D eigenvalue weighted by molar-refractivity contribution is -0.142. The molecule has 13 heteroatoms. The van der Waals surface area contributed by atoms with Gasteiger partial charge in [0, 0.05) is 35.5 Å². The molecule has 238 valence electrons. The molecule has 0 spiro atoms. The van der Waals surface area contributed by atoms with Crippen molar-refractivity contribution in [2.45, 2.75) is 72.3 Å². The predicted molar refractivity (Wildman–Crippen MR) is 164 cm³/mol. The molecule has 0 aliphatic carbocycles. The molecule has 2 aromatic carbocycles. The van der Waals surface area contributed by atoms with E-state index in [1.54, 1.807) is 65.8 Å². The van der Waals surface area contributed by atoms with E-state index in [-0.39, 0.29) is 50.1 Å². The number of aliphatic carboxylic acids is 1. The van der Waals surface area contributed by atoms with Crippen LogP contribution in [-0.4, -0.2) is 54.7 Å². The van der Waals surface area contributed by atoms with E-state index in [0.717, 1.165) is 5.56 Å². The maximum absolute atomic E-state index is 14.3. The summed E-state index contributed by atoms with van der Waals surface area (Å²) in [5, 5.41) is 12.5. The first-order valence-electron chi connectivity index (χ1n) is 14.3. The van der Waals surface area contributed by atoms with Crippen molar-refractivity contribution >= 4 is 38.1 Å². The van der Waals surface area contributed by atoms with Crippen LogP contribution in [0.3, 0.4) is 0 Å². The van der Waals surface area contributed by atoms with Crippen LogP contribution >= 0.6 is 15.0 Å². The van der Waals surface area contributed by atoms with Gasteiger partial charge in [-0.2, -0.15) is 0 Å². The molecule has 0 bridgehead atoms. The highest BCUT2D eigenvalue weighted by Gasteiger charge is 2.40. The number of benzene rings is 2. The lowest BCUT2D eigenvalue weighted by Gasteiger charge is -2.29. The molecule has 0 saturated heterocycles. The Kier molecular flexibility index (Phi) is 13.8. The van der Waals surface area contributed by atoms with Crippen molar-refractivity contribution in [3.05, 3.63) is 59.7 Å². The Morgan fingerprint density at radius 3 is 2.05 bits per heavy atom. The minimum Gasteiger partial charge on any atom is -0.480 e. The summed E-state index contributed by atoms with van der Waals surface area (Å²) >= 11 is 0. The summed E-state index contributed by atoms with van der Waals surface area (Å²) in [7, 11) is -7.65. The third-order valence-corrected chi connectivity index (χ3v) is 12.4. The highest BCUT2D eigenvalue weighted by molar-refractivity contribution is 7.78. The molecule has 1 unspecified atom stereocenters. The molecule has 0 saturated carbocycles. The summed E-state index contributed by atoms with van der Waals surface area (Å²) < 4.78 is 49.7. The number of rotatable bonds is 18. The molecule has 0 aromatic heterocycles. The molecule has 2 atom stereocenters. The van der Waals surface area contributed by atoms with Crippen LogP contribution in [0.15, 0.2) is 48.5 Å². The molecule has 2 N–H and O–H groups in total. The van der Waals surface area contributed by atoms with Gasteiger partial charge in [0.15, 0.2) is 0 Å². The SMILES string of the molecule is CCOP(=O)(CP(=O)(OCC)c1ccc(OC(=O)CC)c(C(C)(C)CC(=O)N[C@@H](Cc2ccccc2)C(=O)O)c1)OCC. The van der Waals surface area contributed by atoms with Crippen molar-refractivity contribution in [1.29, 1.82) is 0 Å². The highest BCUT2D eigenvalue weighted by atomic mass is 31.2. The minimum absolute atomic E-state index is 0.0429. The van der Waals surface area contributed by atoms with Crippen molar-refractivity contribution in [3.8, 4) is 5.75 Å². The van der Waals surface area contributed by atoms with Gasteiger partial charge in [-0.15, -0.1) is 0 Å². The number of carbonyl (C=O) groups excluding carboxylic acids is 2. The van der Waals surface area contributed by atoms with E-state index in [0.29, 0.717) is 5.56 Å². The maximum atomic E-state index is 14.3. The molecule has 2 rings (SSSR count). The first-order valence-corrected chi connectivity index (χ1v) is 17.8. The Labute approximate surface area is 253 Å². The monoisotopic (exact) mass is 639 g/mol. The zero-order valence-electron chi connectivity index (χ0n) is 25.7. The third kappa shape index (κ3) is 10.7. The van der Waals surface area contributed by atoms with Crippen LogP contribution in [0.25, 0.3) is 0 Å². The van der Waals surface area contributed by atoms with Crippen molar-refractivity contribution in [1.82, 2.24) is 5.32 Å². The van der Waals surface area contributed by atoms with E-state index in [4.69, 9.17) is 18.3 Å². The number of carbonyl (C=O) groups is 3. The van der Waals surface area contributed by atoms with Gasteiger partial charge in [0.2, 0.25) is 13.3 Å². The number of carboxylic acids is 1. The maximum Gasteiger partial charge on any atom is 0.340 e. The van der Waals surface area contributed by atoms with Gasteiger partial charge in [-0.25, -0.2) is 4.79 Å². The van der Waals surface area contributed by atoms with E-state index in [1.165, 1.54) is 18.2 Å². The van der Waals surface area contributed by atoms with Crippen LogP contribution in [-0.2, 0) is 48.9 Å². The fourth-order valence-corrected chi connectivity index (χ4v) is 9.99. The Morgan fingerprint density at radius 2 is 1.51 bits per heavy atom. The Bertz CT molecular complexity index is 1340. The molecule has 43 heavy (non-hydrogen) atoms. The van der Waals surface area contributed by atoms with E-state index >= 15 is 0 Å². The van der Waals surface area contributed by atoms with Gasteiger partial charge < -0.3 is 28.7 Å². The normalized spacial score (nSPS) is 14.0. The zero-order chi connectivity index (χ0) is 32.3. The lowest BCUT2D eigenvalue weighted by atomic mass is 9.80. The number of nitrogens with one attached hydrogen (secondary N) is 1. The summed E-state index contributed by atoms with van der Waals surface area (Å²) in [5.41, 5.74) is 0.0678. The second-order valence-electron chi connectivity index (χ2n) is 10.4. The van der Waals surface area contributed by atoms with Crippen LogP contribution in [0, 0.1) is 0 Å². The number of hydrogen-bond acceptors (Lipinski definition) is 9. The van der Waals surface area contributed by atoms with Crippen molar-refractivity contribution in [3.63, 3.8) is 0 Å². The Balaban J connectivity index is 2.50. The van der Waals surface area contributed by atoms with Gasteiger partial charge in [0.25, 0.3) is 0 Å². The molecule has 0 fully saturated rings. The van der Waals surface area contributed by atoms with E-state index in [1.807, 2.05) is 6.07 Å². The molecular formula is C30H43NO10P2. The first-order chi connectivity index (χ1) is 20.2. The van der Waals surface area contributed by atoms with E-state index in [2.05, 4.69) is 5.32 Å². The van der Waals surface area contributed by atoms with Gasteiger partial charge in [0.1, 0.15) is 17.7 Å². The molecule has 0 aliphatic rings. The van der Waals surface area contributed by atoms with E-state index in [9.17, 15) is 28.6 Å². The summed E-state index contributed by atoms with van der Waals surface area (Å²) in [6.45, 7) is 10.2. The second kappa shape index (κ2) is 16.3. The Hall–Kier alpha value is -2.81. The summed E-state index contributed by atoms with van der Waals surface area (Å²) in [6, 6.07) is 12.2. The van der Waals surface area contributed by atoms with Crippen LogP contribution in [0.1, 0.15) is 65.5 Å². The fourth-order valence-electron chi connectivity index (χ4n) is 4.48. The quantitative estimate of drug-likeness (QED) is 0.119. The number of carboxylic acid groups (broad SMARTS) is 1. The van der Waals surface area contributed by atoms with Crippen molar-refractivity contribution in [2.75, 3.05) is 25.7 Å². The van der Waals surface area contributed by atoms with Gasteiger partial charge >= 0.3 is 19.5 Å². The topological polar surface area (TPSA) is 155 Å². The summed E-state index contributed by atoms with van der Waals surface area (Å²) in [4.78, 5) is 37.4. The van der Waals surface area contributed by atoms with Gasteiger partial charge in [-0.3, -0.25) is 18.7 Å². The molecule has 0 radical (unpaired) electrons. The number of ether oxygens (including phenoxy) is 1. The van der Waals surface area contributed by atoms with Crippen molar-refractivity contribution < 1.29 is 46.9 Å². The Morgan fingerprint density at radius 1 is 0.907 bits per heavy atom. The standard InChI is InChI=1S/C30H43NO10P2/c1-7-28(33)41-26-17-16-23(42(36,38-8-2)21-43(37,39-9-3)40-10-4)19-24(26)30(5,6)20-27(32)31-25(29(34)35)18-22-14-12-11-13-15-22/h11-17,19,25H,7-10,18,20-21H2,1-6H3,(H,31,32)(H,34,35)/t25-,42?/m0/s1. The predicted octanol–water partition coefficient (Wildman–Crippen LogP) is 5.65. The number of hydrogen-bond donors (Lipinski definition) is 2. The zero-order valence-corrected chi connectivity index (χ0v) is 27.5. The third-order valence-electron chi connectivity index (χ3n) is 6.47. The van der Waals surface area contributed by atoms with Crippen LogP contribution in [0.5, 0.6) is 5.75 Å². The molecule has 1 amide bonds. The first kappa shape index (κ1) is 36.4. The highest BCUT2D eigenvalue weighted by Crippen LogP contribution is 2.63. The molecule has 0 heterocycles. The smallest absolute Gasteiger partial charge is 0.340 e. The van der Waals surface area contributed by atoms with Gasteiger partial charge in [-0.1, -0.05) is 51.1 Å². The average molecular weight is 640 g/mol. The average Bonchev–Trinajstić information content (AvgIpc) is 2.93. The largest absolute Gasteiger partial charge is 0.480 e. The van der Waals surface area contributed by atoms with Gasteiger partial charge in [-0.05, 0) is 44.5 Å². The summed E-state index contributed by atoms with van der Waals surface area (Å²) in [6.07, 6.45) is -0.0132. The minimum atomic E-state index is -3.85. The fraction of sp³-hybridized carbons (Fsp3) is 0.500. The van der Waals surface area contributed by atoms with Gasteiger partial charge in [0.05, 0.1) is 19.8 Å². The van der Waals surface area contributed by atoms with Crippen molar-refractivity contribution in [2.24, 2.45) is 0 Å².